The Hall–Kier alpha value is -2.11. The number of halogens is 2. The molecule has 120 valence electrons. The number of benzene rings is 1. The first-order valence-electron chi connectivity index (χ1n) is 6.88. The van der Waals surface area contributed by atoms with Crippen LogP contribution in [0.4, 0.5) is 5.69 Å². The van der Waals surface area contributed by atoms with Gasteiger partial charge in [-0.25, -0.2) is 4.79 Å². The standard InChI is InChI=1S/C16H14Cl2N2O3/c17-12-5-4-10(8-13(12)18)2-1-3-15(21)20-14-9-19-7-6-11(14)16(22)23/h4-9H,1-3H2,(H,20,21)(H,22,23). The summed E-state index contributed by atoms with van der Waals surface area (Å²) in [5.41, 5.74) is 1.19. The number of aryl methyl sites for hydroxylation is 1. The fourth-order valence-electron chi connectivity index (χ4n) is 2.04. The lowest BCUT2D eigenvalue weighted by Gasteiger charge is -2.08. The molecule has 0 aliphatic rings. The summed E-state index contributed by atoms with van der Waals surface area (Å²) in [4.78, 5) is 26.8. The molecule has 0 saturated heterocycles. The number of anilines is 1. The maximum Gasteiger partial charge on any atom is 0.337 e. The highest BCUT2D eigenvalue weighted by molar-refractivity contribution is 6.42. The number of rotatable bonds is 6. The van der Waals surface area contributed by atoms with Gasteiger partial charge in [0, 0.05) is 12.6 Å². The van der Waals surface area contributed by atoms with Crippen LogP contribution in [-0.4, -0.2) is 22.0 Å². The average Bonchev–Trinajstić information content (AvgIpc) is 2.51. The van der Waals surface area contributed by atoms with Gasteiger partial charge in [0.2, 0.25) is 5.91 Å². The van der Waals surface area contributed by atoms with Crippen molar-refractivity contribution in [2.24, 2.45) is 0 Å². The van der Waals surface area contributed by atoms with E-state index < -0.39 is 5.97 Å². The smallest absolute Gasteiger partial charge is 0.337 e. The van der Waals surface area contributed by atoms with Crippen molar-refractivity contribution in [2.45, 2.75) is 19.3 Å². The molecule has 1 amide bonds. The zero-order valence-corrected chi connectivity index (χ0v) is 13.6. The molecule has 0 unspecified atom stereocenters. The minimum absolute atomic E-state index is 0.0119. The van der Waals surface area contributed by atoms with Crippen molar-refractivity contribution in [3.63, 3.8) is 0 Å². The van der Waals surface area contributed by atoms with Gasteiger partial charge in [-0.05, 0) is 36.6 Å². The minimum Gasteiger partial charge on any atom is -0.478 e. The van der Waals surface area contributed by atoms with Crippen molar-refractivity contribution in [1.82, 2.24) is 4.98 Å². The summed E-state index contributed by atoms with van der Waals surface area (Å²) in [7, 11) is 0. The molecule has 23 heavy (non-hydrogen) atoms. The molecule has 0 aliphatic heterocycles. The summed E-state index contributed by atoms with van der Waals surface area (Å²) in [6, 6.07) is 6.68. The predicted octanol–water partition coefficient (Wildman–Crippen LogP) is 4.05. The van der Waals surface area contributed by atoms with Gasteiger partial charge in [-0.3, -0.25) is 9.78 Å². The highest BCUT2D eigenvalue weighted by atomic mass is 35.5. The molecule has 0 bridgehead atoms. The average molecular weight is 353 g/mol. The van der Waals surface area contributed by atoms with E-state index in [1.165, 1.54) is 18.5 Å². The van der Waals surface area contributed by atoms with Gasteiger partial charge in [-0.2, -0.15) is 0 Å². The number of hydrogen-bond donors (Lipinski definition) is 2. The number of pyridine rings is 1. The monoisotopic (exact) mass is 352 g/mol. The van der Waals surface area contributed by atoms with Gasteiger partial charge in [-0.15, -0.1) is 0 Å². The number of carbonyl (C=O) groups excluding carboxylic acids is 1. The number of carboxylic acid groups (broad SMARTS) is 1. The first kappa shape index (κ1) is 17.2. The maximum absolute atomic E-state index is 11.9. The quantitative estimate of drug-likeness (QED) is 0.821. The van der Waals surface area contributed by atoms with Crippen molar-refractivity contribution >= 4 is 40.8 Å². The first-order chi connectivity index (χ1) is 11.0. The second-order valence-electron chi connectivity index (χ2n) is 4.88. The summed E-state index contributed by atoms with van der Waals surface area (Å²) in [6.45, 7) is 0. The van der Waals surface area contributed by atoms with Gasteiger partial charge >= 0.3 is 5.97 Å². The lowest BCUT2D eigenvalue weighted by Crippen LogP contribution is -2.14. The summed E-state index contributed by atoms with van der Waals surface area (Å²) in [5.74, 6) is -1.38. The van der Waals surface area contributed by atoms with Crippen LogP contribution in [0.3, 0.4) is 0 Å². The van der Waals surface area contributed by atoms with Crippen molar-refractivity contribution in [2.75, 3.05) is 5.32 Å². The Morgan fingerprint density at radius 1 is 1.17 bits per heavy atom. The second-order valence-corrected chi connectivity index (χ2v) is 5.69. The Kier molecular flexibility index (Phi) is 5.96. The van der Waals surface area contributed by atoms with Crippen LogP contribution in [0.1, 0.15) is 28.8 Å². The topological polar surface area (TPSA) is 79.3 Å². The van der Waals surface area contributed by atoms with Crippen LogP contribution in [0.25, 0.3) is 0 Å². The van der Waals surface area contributed by atoms with E-state index in [0.717, 1.165) is 5.56 Å². The van der Waals surface area contributed by atoms with Crippen LogP contribution in [0, 0.1) is 0 Å². The summed E-state index contributed by atoms with van der Waals surface area (Å²) in [5, 5.41) is 12.6. The molecule has 1 aromatic carbocycles. The number of carbonyl (C=O) groups is 2. The van der Waals surface area contributed by atoms with E-state index >= 15 is 0 Å². The van der Waals surface area contributed by atoms with E-state index in [4.69, 9.17) is 28.3 Å². The molecule has 0 spiro atoms. The Morgan fingerprint density at radius 2 is 1.96 bits per heavy atom. The Labute approximate surface area is 143 Å². The van der Waals surface area contributed by atoms with Crippen LogP contribution >= 0.6 is 23.2 Å². The van der Waals surface area contributed by atoms with Gasteiger partial charge in [0.05, 0.1) is 27.5 Å². The normalized spacial score (nSPS) is 10.3. The Bertz CT molecular complexity index is 735. The van der Waals surface area contributed by atoms with E-state index in [-0.39, 0.29) is 23.6 Å². The summed E-state index contributed by atoms with van der Waals surface area (Å²) >= 11 is 11.8. The highest BCUT2D eigenvalue weighted by Gasteiger charge is 2.12. The molecule has 2 N–H and O–H groups in total. The summed E-state index contributed by atoms with van der Waals surface area (Å²) < 4.78 is 0. The van der Waals surface area contributed by atoms with Crippen LogP contribution in [0.15, 0.2) is 36.7 Å². The van der Waals surface area contributed by atoms with E-state index in [1.807, 2.05) is 6.07 Å². The van der Waals surface area contributed by atoms with Gasteiger partial charge in [0.25, 0.3) is 0 Å². The molecular formula is C16H14Cl2N2O3. The SMILES string of the molecule is O=C(CCCc1ccc(Cl)c(Cl)c1)Nc1cnccc1C(=O)O. The number of nitrogens with zero attached hydrogens (tertiary/aromatic N) is 1. The van der Waals surface area contributed by atoms with E-state index in [2.05, 4.69) is 10.3 Å². The molecule has 5 nitrogen and oxygen atoms in total. The zero-order chi connectivity index (χ0) is 16.8. The Balaban J connectivity index is 1.88. The van der Waals surface area contributed by atoms with Crippen molar-refractivity contribution in [1.29, 1.82) is 0 Å². The van der Waals surface area contributed by atoms with E-state index in [0.29, 0.717) is 22.9 Å². The van der Waals surface area contributed by atoms with Crippen molar-refractivity contribution < 1.29 is 14.7 Å². The minimum atomic E-state index is -1.11. The molecule has 1 aromatic heterocycles. The van der Waals surface area contributed by atoms with Crippen LogP contribution in [-0.2, 0) is 11.2 Å². The maximum atomic E-state index is 11.9. The molecule has 0 aliphatic carbocycles. The third-order valence-electron chi connectivity index (χ3n) is 3.18. The third-order valence-corrected chi connectivity index (χ3v) is 3.92. The molecule has 2 aromatic rings. The van der Waals surface area contributed by atoms with Gasteiger partial charge in [0.15, 0.2) is 0 Å². The number of carboxylic acids is 1. The summed E-state index contributed by atoms with van der Waals surface area (Å²) in [6.07, 6.45) is 4.22. The van der Waals surface area contributed by atoms with Gasteiger partial charge in [0.1, 0.15) is 0 Å². The Morgan fingerprint density at radius 3 is 2.65 bits per heavy atom. The molecule has 0 radical (unpaired) electrons. The van der Waals surface area contributed by atoms with Crippen molar-refractivity contribution in [3.05, 3.63) is 57.8 Å². The van der Waals surface area contributed by atoms with Crippen LogP contribution in [0.2, 0.25) is 10.0 Å². The van der Waals surface area contributed by atoms with E-state index in [1.54, 1.807) is 12.1 Å². The lowest BCUT2D eigenvalue weighted by molar-refractivity contribution is -0.116. The largest absolute Gasteiger partial charge is 0.478 e. The second kappa shape index (κ2) is 7.94. The molecule has 2 rings (SSSR count). The predicted molar refractivity (Wildman–Crippen MR) is 89.2 cm³/mol. The molecule has 0 fully saturated rings. The highest BCUT2D eigenvalue weighted by Crippen LogP contribution is 2.23. The number of aromatic carboxylic acids is 1. The lowest BCUT2D eigenvalue weighted by atomic mass is 10.1. The third kappa shape index (κ3) is 4.94. The van der Waals surface area contributed by atoms with Crippen molar-refractivity contribution in [3.8, 4) is 0 Å². The fourth-order valence-corrected chi connectivity index (χ4v) is 2.36. The number of aromatic nitrogens is 1. The van der Waals surface area contributed by atoms with E-state index in [9.17, 15) is 9.59 Å². The molecule has 0 atom stereocenters. The fraction of sp³-hybridized carbons (Fsp3) is 0.188. The van der Waals surface area contributed by atoms with Crippen LogP contribution in [0.5, 0.6) is 0 Å². The number of amides is 1. The molecule has 7 heteroatoms. The number of hydrogen-bond acceptors (Lipinski definition) is 3. The molecular weight excluding hydrogens is 339 g/mol. The number of nitrogens with one attached hydrogen (secondary N) is 1. The van der Waals surface area contributed by atoms with Gasteiger partial charge < -0.3 is 10.4 Å². The van der Waals surface area contributed by atoms with Crippen LogP contribution < -0.4 is 5.32 Å². The molecule has 1 heterocycles. The van der Waals surface area contributed by atoms with Gasteiger partial charge in [-0.1, -0.05) is 29.3 Å². The molecule has 0 saturated carbocycles. The first-order valence-corrected chi connectivity index (χ1v) is 7.64. The zero-order valence-electron chi connectivity index (χ0n) is 12.1.